The molecule has 2 N–H and O–H groups in total. The molecule has 0 amide bonds. The van der Waals surface area contributed by atoms with Crippen molar-refractivity contribution in [3.63, 3.8) is 0 Å². The van der Waals surface area contributed by atoms with E-state index in [0.29, 0.717) is 16.5 Å². The summed E-state index contributed by atoms with van der Waals surface area (Å²) in [7, 11) is -4.78. The molecule has 1 saturated carbocycles. The molecule has 4 aromatic rings. The van der Waals surface area contributed by atoms with Crippen LogP contribution < -0.4 is 10.6 Å². The SMILES string of the molecule is CCOC(=O)c1csc(-c2cc(-c3cccc(B4OC(C)(C)C(C)(C)O4)c3)n(Cc3ccc(S(N)(=O)=O)c(F)c3)c2CC2CC2)n1. The van der Waals surface area contributed by atoms with Gasteiger partial charge in [0, 0.05) is 28.9 Å². The highest BCUT2D eigenvalue weighted by Crippen LogP contribution is 2.41. The maximum Gasteiger partial charge on any atom is 0.494 e. The van der Waals surface area contributed by atoms with Crippen molar-refractivity contribution < 1.29 is 31.6 Å². The molecule has 3 heterocycles. The highest BCUT2D eigenvalue weighted by Gasteiger charge is 2.51. The van der Waals surface area contributed by atoms with E-state index in [4.69, 9.17) is 19.2 Å². The molecule has 0 unspecified atom stereocenters. The molecule has 9 nitrogen and oxygen atoms in total. The van der Waals surface area contributed by atoms with Crippen LogP contribution >= 0.6 is 11.3 Å². The van der Waals surface area contributed by atoms with Gasteiger partial charge < -0.3 is 18.6 Å². The Bertz CT molecular complexity index is 1900. The number of carbonyl (C=O) groups excluding carboxylic acids is 1. The second-order valence-electron chi connectivity index (χ2n) is 12.9. The van der Waals surface area contributed by atoms with Crippen LogP contribution in [0.1, 0.15) is 69.2 Å². The Kier molecular flexibility index (Phi) is 8.52. The molecule has 2 fully saturated rings. The van der Waals surface area contributed by atoms with Crippen molar-refractivity contribution in [3.8, 4) is 21.8 Å². The highest BCUT2D eigenvalue weighted by atomic mass is 32.2. The normalized spacial score (nSPS) is 17.4. The second kappa shape index (κ2) is 12.0. The molecule has 0 spiro atoms. The molecular formula is C33H37BFN3O6S2. The van der Waals surface area contributed by atoms with Crippen LogP contribution in [0.15, 0.2) is 58.8 Å². The van der Waals surface area contributed by atoms with Crippen LogP contribution in [-0.2, 0) is 37.0 Å². The maximum atomic E-state index is 15.0. The summed E-state index contributed by atoms with van der Waals surface area (Å²) in [4.78, 5) is 16.6. The monoisotopic (exact) mass is 665 g/mol. The first kappa shape index (κ1) is 32.6. The molecule has 242 valence electrons. The Morgan fingerprint density at radius 3 is 2.48 bits per heavy atom. The minimum absolute atomic E-state index is 0.247. The van der Waals surface area contributed by atoms with Gasteiger partial charge in [0.2, 0.25) is 10.0 Å². The van der Waals surface area contributed by atoms with Crippen LogP contribution in [0.4, 0.5) is 4.39 Å². The largest absolute Gasteiger partial charge is 0.494 e. The average molecular weight is 666 g/mol. The van der Waals surface area contributed by atoms with Gasteiger partial charge in [-0.2, -0.15) is 0 Å². The van der Waals surface area contributed by atoms with E-state index < -0.39 is 45.0 Å². The van der Waals surface area contributed by atoms with E-state index in [1.165, 1.54) is 23.5 Å². The number of rotatable bonds is 10. The molecular weight excluding hydrogens is 628 g/mol. The fraction of sp³-hybridized carbons (Fsp3) is 0.394. The number of nitrogens with zero attached hydrogens (tertiary/aromatic N) is 2. The van der Waals surface area contributed by atoms with Crippen LogP contribution in [0, 0.1) is 11.7 Å². The molecule has 13 heteroatoms. The van der Waals surface area contributed by atoms with E-state index in [2.05, 4.69) is 15.6 Å². The number of halogens is 1. The van der Waals surface area contributed by atoms with Crippen LogP contribution in [0.2, 0.25) is 0 Å². The Morgan fingerprint density at radius 1 is 1.13 bits per heavy atom. The third kappa shape index (κ3) is 6.43. The van der Waals surface area contributed by atoms with Crippen molar-refractivity contribution >= 4 is 39.9 Å². The van der Waals surface area contributed by atoms with E-state index >= 15 is 4.39 Å². The van der Waals surface area contributed by atoms with Crippen LogP contribution in [-0.4, -0.2) is 48.9 Å². The van der Waals surface area contributed by atoms with Crippen molar-refractivity contribution in [2.45, 2.75) is 76.5 Å². The van der Waals surface area contributed by atoms with Crippen LogP contribution in [0.3, 0.4) is 0 Å². The zero-order chi connectivity index (χ0) is 33.0. The lowest BCUT2D eigenvalue weighted by molar-refractivity contribution is 0.00578. The van der Waals surface area contributed by atoms with Gasteiger partial charge in [0.05, 0.1) is 17.8 Å². The van der Waals surface area contributed by atoms with Gasteiger partial charge in [-0.15, -0.1) is 11.3 Å². The van der Waals surface area contributed by atoms with Gasteiger partial charge in [-0.3, -0.25) is 0 Å². The summed E-state index contributed by atoms with van der Waals surface area (Å²) in [6.07, 6.45) is 2.96. The van der Waals surface area contributed by atoms with Gasteiger partial charge in [0.15, 0.2) is 5.69 Å². The number of hydrogen-bond donors (Lipinski definition) is 1. The first-order valence-corrected chi connectivity index (χ1v) is 17.7. The third-order valence-corrected chi connectivity index (χ3v) is 10.8. The minimum Gasteiger partial charge on any atom is -0.461 e. The highest BCUT2D eigenvalue weighted by molar-refractivity contribution is 7.89. The van der Waals surface area contributed by atoms with Crippen molar-refractivity contribution in [3.05, 3.63) is 76.7 Å². The molecule has 1 saturated heterocycles. The average Bonchev–Trinajstić information content (AvgIpc) is 3.45. The van der Waals surface area contributed by atoms with Crippen LogP contribution in [0.25, 0.3) is 21.8 Å². The Morgan fingerprint density at radius 2 is 1.85 bits per heavy atom. The van der Waals surface area contributed by atoms with Crippen molar-refractivity contribution in [1.29, 1.82) is 0 Å². The Balaban J connectivity index is 1.48. The van der Waals surface area contributed by atoms with Gasteiger partial charge in [-0.05, 0) is 94.6 Å². The van der Waals surface area contributed by atoms with E-state index in [-0.39, 0.29) is 18.8 Å². The molecule has 0 radical (unpaired) electrons. The predicted octanol–water partition coefficient (Wildman–Crippen LogP) is 5.54. The number of benzene rings is 2. The maximum absolute atomic E-state index is 15.0. The van der Waals surface area contributed by atoms with Gasteiger partial charge in [-0.25, -0.2) is 27.7 Å². The molecule has 1 aliphatic carbocycles. The molecule has 2 aromatic heterocycles. The summed E-state index contributed by atoms with van der Waals surface area (Å²) in [5.41, 5.74) is 4.28. The number of primary sulfonamides is 1. The fourth-order valence-electron chi connectivity index (χ4n) is 5.59. The number of esters is 1. The lowest BCUT2D eigenvalue weighted by Crippen LogP contribution is -2.41. The lowest BCUT2D eigenvalue weighted by Gasteiger charge is -2.32. The molecule has 46 heavy (non-hydrogen) atoms. The molecule has 2 aromatic carbocycles. The van der Waals surface area contributed by atoms with E-state index in [1.54, 1.807) is 18.4 Å². The van der Waals surface area contributed by atoms with E-state index in [0.717, 1.165) is 47.2 Å². The Hall–Kier alpha value is -3.36. The summed E-state index contributed by atoms with van der Waals surface area (Å²) < 4.78 is 58.8. The zero-order valence-electron chi connectivity index (χ0n) is 26.5. The van der Waals surface area contributed by atoms with Gasteiger partial charge >= 0.3 is 13.1 Å². The van der Waals surface area contributed by atoms with E-state index in [1.807, 2.05) is 52.0 Å². The van der Waals surface area contributed by atoms with Gasteiger partial charge in [0.25, 0.3) is 0 Å². The number of thiazole rings is 1. The zero-order valence-corrected chi connectivity index (χ0v) is 28.1. The van der Waals surface area contributed by atoms with Crippen molar-refractivity contribution in [2.24, 2.45) is 11.1 Å². The number of ether oxygens (including phenoxy) is 1. The Labute approximate surface area is 273 Å². The van der Waals surface area contributed by atoms with Crippen LogP contribution in [0.5, 0.6) is 0 Å². The second-order valence-corrected chi connectivity index (χ2v) is 15.3. The summed E-state index contributed by atoms with van der Waals surface area (Å²) in [5, 5.41) is 7.60. The van der Waals surface area contributed by atoms with Gasteiger partial charge in [-0.1, -0.05) is 30.3 Å². The molecule has 2 aliphatic rings. The number of carbonyl (C=O) groups is 1. The lowest BCUT2D eigenvalue weighted by atomic mass is 9.78. The molecule has 0 atom stereocenters. The number of nitrogens with two attached hydrogens (primary N) is 1. The van der Waals surface area contributed by atoms with Crippen molar-refractivity contribution in [1.82, 2.24) is 9.55 Å². The van der Waals surface area contributed by atoms with Gasteiger partial charge in [0.1, 0.15) is 15.7 Å². The van der Waals surface area contributed by atoms with Crippen molar-refractivity contribution in [2.75, 3.05) is 6.61 Å². The summed E-state index contributed by atoms with van der Waals surface area (Å²) in [6, 6.07) is 14.0. The summed E-state index contributed by atoms with van der Waals surface area (Å²) >= 11 is 1.37. The predicted molar refractivity (Wildman–Crippen MR) is 176 cm³/mol. The quantitative estimate of drug-likeness (QED) is 0.174. The first-order chi connectivity index (χ1) is 21.7. The third-order valence-electron chi connectivity index (χ3n) is 8.96. The first-order valence-electron chi connectivity index (χ1n) is 15.3. The summed E-state index contributed by atoms with van der Waals surface area (Å²) in [5.74, 6) is -0.893. The molecule has 6 rings (SSSR count). The minimum atomic E-state index is -4.21. The smallest absolute Gasteiger partial charge is 0.461 e. The number of aromatic nitrogens is 2. The molecule has 1 aliphatic heterocycles. The topological polar surface area (TPSA) is 123 Å². The fourth-order valence-corrected chi connectivity index (χ4v) is 7.00. The summed E-state index contributed by atoms with van der Waals surface area (Å²) in [6.45, 7) is 10.3. The number of sulfonamides is 1. The number of hydrogen-bond acceptors (Lipinski definition) is 8. The standard InChI is InChI=1S/C33H37BFN3O6S2/c1-6-42-31(39)26-19-45-30(37-26)24-17-27(22-8-7-9-23(16-22)34-43-32(2,3)33(4,5)44-34)38(28(24)15-20-10-11-20)18-21-12-13-29(25(35)14-21)46(36,40)41/h7-9,12-14,16-17,19-20H,6,10-11,15,18H2,1-5H3,(H2,36,40,41). The van der Waals surface area contributed by atoms with E-state index in [9.17, 15) is 13.2 Å². The molecule has 0 bridgehead atoms.